The molecule has 1 aromatic heterocycles. The van der Waals surface area contributed by atoms with Crippen LogP contribution in [-0.4, -0.2) is 24.5 Å². The Labute approximate surface area is 124 Å². The van der Waals surface area contributed by atoms with Crippen molar-refractivity contribution in [3.8, 4) is 0 Å². The van der Waals surface area contributed by atoms with Gasteiger partial charge in [0.1, 0.15) is 0 Å². The number of ether oxygens (including phenoxy) is 1. The first-order valence-electron chi connectivity index (χ1n) is 7.37. The highest BCUT2D eigenvalue weighted by atomic mass is 32.2. The Hall–Kier alpha value is -0.0300. The third kappa shape index (κ3) is 3.02. The lowest BCUT2D eigenvalue weighted by atomic mass is 9.98. The van der Waals surface area contributed by atoms with Gasteiger partial charge in [-0.1, -0.05) is 13.8 Å². The lowest BCUT2D eigenvalue weighted by Gasteiger charge is -2.29. The molecule has 0 amide bonds. The van der Waals surface area contributed by atoms with E-state index in [2.05, 4.69) is 30.6 Å². The maximum atomic E-state index is 5.79. The van der Waals surface area contributed by atoms with Crippen molar-refractivity contribution in [3.63, 3.8) is 0 Å². The highest BCUT2D eigenvalue weighted by Gasteiger charge is 2.30. The molecule has 3 rings (SSSR count). The van der Waals surface area contributed by atoms with Crippen molar-refractivity contribution in [1.29, 1.82) is 0 Å². The maximum Gasteiger partial charge on any atom is 0.0649 e. The zero-order valence-electron chi connectivity index (χ0n) is 11.7. The van der Waals surface area contributed by atoms with Crippen LogP contribution in [0.3, 0.4) is 0 Å². The number of fused-ring (bicyclic) bond motifs is 1. The summed E-state index contributed by atoms with van der Waals surface area (Å²) < 4.78 is 7.31. The molecule has 1 saturated heterocycles. The summed E-state index contributed by atoms with van der Waals surface area (Å²) in [6.45, 7) is 6.64. The van der Waals surface area contributed by atoms with Crippen LogP contribution in [-0.2, 0) is 4.74 Å². The average molecular weight is 297 g/mol. The van der Waals surface area contributed by atoms with Crippen molar-refractivity contribution >= 4 is 23.1 Å². The second kappa shape index (κ2) is 6.17. The van der Waals surface area contributed by atoms with Gasteiger partial charge in [0, 0.05) is 24.4 Å². The van der Waals surface area contributed by atoms with Crippen LogP contribution < -0.4 is 5.32 Å². The Kier molecular flexibility index (Phi) is 4.52. The Bertz CT molecular complexity index is 420. The van der Waals surface area contributed by atoms with Gasteiger partial charge >= 0.3 is 0 Å². The van der Waals surface area contributed by atoms with Gasteiger partial charge in [0.05, 0.1) is 10.3 Å². The molecular formula is C15H23NOS2. The van der Waals surface area contributed by atoms with E-state index in [1.54, 1.807) is 0 Å². The minimum absolute atomic E-state index is 0.477. The quantitative estimate of drug-likeness (QED) is 0.905. The third-order valence-corrected chi connectivity index (χ3v) is 6.63. The molecule has 0 spiro atoms. The van der Waals surface area contributed by atoms with E-state index >= 15 is 0 Å². The smallest absolute Gasteiger partial charge is 0.0649 e. The summed E-state index contributed by atoms with van der Waals surface area (Å²) in [5, 5.41) is 6.78. The molecule has 4 atom stereocenters. The zero-order chi connectivity index (χ0) is 13.2. The number of thioether (sulfide) groups is 1. The molecular weight excluding hydrogens is 274 g/mol. The van der Waals surface area contributed by atoms with Crippen molar-refractivity contribution in [2.45, 2.75) is 54.7 Å². The number of hydrogen-bond acceptors (Lipinski definition) is 4. The molecule has 1 aromatic rings. The van der Waals surface area contributed by atoms with E-state index < -0.39 is 0 Å². The average Bonchev–Trinajstić information content (AvgIpc) is 3.03. The Balaban J connectivity index is 1.61. The molecule has 0 aromatic carbocycles. The number of rotatable bonds is 4. The van der Waals surface area contributed by atoms with Crippen LogP contribution >= 0.6 is 23.1 Å². The predicted octanol–water partition coefficient (Wildman–Crippen LogP) is 4.08. The molecule has 2 aliphatic heterocycles. The van der Waals surface area contributed by atoms with E-state index in [0.717, 1.165) is 24.8 Å². The van der Waals surface area contributed by atoms with Gasteiger partial charge in [-0.05, 0) is 42.2 Å². The van der Waals surface area contributed by atoms with Crippen LogP contribution in [0, 0.1) is 5.92 Å². The fourth-order valence-corrected chi connectivity index (χ4v) is 5.78. The molecule has 1 N–H and O–H groups in total. The van der Waals surface area contributed by atoms with E-state index in [9.17, 15) is 0 Å². The van der Waals surface area contributed by atoms with Crippen molar-refractivity contribution in [2.75, 3.05) is 13.2 Å². The molecule has 1 fully saturated rings. The fourth-order valence-electron chi connectivity index (χ4n) is 3.21. The molecule has 0 saturated carbocycles. The maximum absolute atomic E-state index is 5.79. The second-order valence-corrected chi connectivity index (χ2v) is 8.28. The van der Waals surface area contributed by atoms with Gasteiger partial charge in [0.15, 0.2) is 0 Å². The van der Waals surface area contributed by atoms with Crippen LogP contribution in [0.4, 0.5) is 0 Å². The van der Waals surface area contributed by atoms with E-state index in [4.69, 9.17) is 4.74 Å². The van der Waals surface area contributed by atoms with E-state index in [-0.39, 0.29) is 0 Å². The van der Waals surface area contributed by atoms with Gasteiger partial charge in [-0.25, -0.2) is 0 Å². The number of nitrogens with one attached hydrogen (secondary N) is 1. The lowest BCUT2D eigenvalue weighted by Crippen LogP contribution is -2.33. The number of hydrogen-bond donors (Lipinski definition) is 1. The third-order valence-electron chi connectivity index (χ3n) is 4.28. The van der Waals surface area contributed by atoms with Gasteiger partial charge in [-0.3, -0.25) is 0 Å². The van der Waals surface area contributed by atoms with Gasteiger partial charge in [-0.2, -0.15) is 0 Å². The Morgan fingerprint density at radius 3 is 3.21 bits per heavy atom. The molecule has 0 radical (unpaired) electrons. The molecule has 0 bridgehead atoms. The fraction of sp³-hybridized carbons (Fsp3) is 0.733. The summed E-state index contributed by atoms with van der Waals surface area (Å²) in [6, 6.07) is 2.86. The first kappa shape index (κ1) is 13.9. The van der Waals surface area contributed by atoms with Gasteiger partial charge in [0.2, 0.25) is 0 Å². The van der Waals surface area contributed by atoms with Crippen molar-refractivity contribution in [2.24, 2.45) is 5.92 Å². The van der Waals surface area contributed by atoms with Crippen molar-refractivity contribution in [1.82, 2.24) is 5.32 Å². The molecule has 3 unspecified atom stereocenters. The largest absolute Gasteiger partial charge is 0.378 e. The normalized spacial score (nSPS) is 34.4. The molecule has 2 nitrogen and oxygen atoms in total. The van der Waals surface area contributed by atoms with Crippen LogP contribution in [0.2, 0.25) is 0 Å². The topological polar surface area (TPSA) is 21.3 Å². The molecule has 19 heavy (non-hydrogen) atoms. The van der Waals surface area contributed by atoms with Crippen LogP contribution in [0.25, 0.3) is 0 Å². The van der Waals surface area contributed by atoms with Gasteiger partial charge in [-0.15, -0.1) is 23.1 Å². The van der Waals surface area contributed by atoms with Gasteiger partial charge < -0.3 is 10.1 Å². The monoisotopic (exact) mass is 297 g/mol. The van der Waals surface area contributed by atoms with Crippen LogP contribution in [0.1, 0.15) is 44.7 Å². The Morgan fingerprint density at radius 2 is 2.37 bits per heavy atom. The van der Waals surface area contributed by atoms with Gasteiger partial charge in [0.25, 0.3) is 0 Å². The predicted molar refractivity (Wildman–Crippen MR) is 83.1 cm³/mol. The minimum atomic E-state index is 0.477. The molecule has 4 heteroatoms. The highest BCUT2D eigenvalue weighted by molar-refractivity contribution is 8.01. The first-order valence-corrected chi connectivity index (χ1v) is 9.13. The highest BCUT2D eigenvalue weighted by Crippen LogP contribution is 2.43. The standard InChI is InChI=1S/C15H23NOS2/c1-3-14-11(4-6-17-14)9-16-13-8-10(2)19-15-12(13)5-7-18-15/h5,7,10-11,13-14,16H,3-4,6,8-9H2,1-2H3/t10-,11?,13?,14?/m0/s1. The second-order valence-electron chi connectivity index (χ2n) is 5.65. The summed E-state index contributed by atoms with van der Waals surface area (Å²) >= 11 is 3.93. The molecule has 106 valence electrons. The summed E-state index contributed by atoms with van der Waals surface area (Å²) in [6.07, 6.45) is 4.09. The van der Waals surface area contributed by atoms with E-state index in [0.29, 0.717) is 18.1 Å². The van der Waals surface area contributed by atoms with Crippen molar-refractivity contribution < 1.29 is 4.74 Å². The van der Waals surface area contributed by atoms with Crippen molar-refractivity contribution in [3.05, 3.63) is 17.0 Å². The Morgan fingerprint density at radius 1 is 1.47 bits per heavy atom. The summed E-state index contributed by atoms with van der Waals surface area (Å²) in [5.74, 6) is 0.706. The van der Waals surface area contributed by atoms with E-state index in [1.165, 1.54) is 22.6 Å². The van der Waals surface area contributed by atoms with Crippen LogP contribution in [0.15, 0.2) is 15.7 Å². The molecule has 0 aliphatic carbocycles. The molecule has 3 heterocycles. The zero-order valence-corrected chi connectivity index (χ0v) is 13.4. The lowest BCUT2D eigenvalue weighted by molar-refractivity contribution is 0.0865. The minimum Gasteiger partial charge on any atom is -0.378 e. The van der Waals surface area contributed by atoms with E-state index in [1.807, 2.05) is 23.1 Å². The summed E-state index contributed by atoms with van der Waals surface area (Å²) in [5.41, 5.74) is 1.53. The summed E-state index contributed by atoms with van der Waals surface area (Å²) in [7, 11) is 0. The molecule has 2 aliphatic rings. The number of thiophene rings is 1. The summed E-state index contributed by atoms with van der Waals surface area (Å²) in [4.78, 5) is 0. The van der Waals surface area contributed by atoms with Crippen LogP contribution in [0.5, 0.6) is 0 Å². The SMILES string of the molecule is CCC1OCCC1CNC1C[C@H](C)Sc2sccc21. The first-order chi connectivity index (χ1) is 9.28.